The van der Waals surface area contributed by atoms with Crippen LogP contribution in [-0.2, 0) is 19.1 Å². The van der Waals surface area contributed by atoms with Gasteiger partial charge in [0.2, 0.25) is 0 Å². The quantitative estimate of drug-likeness (QED) is 0.307. The number of hydrogen-bond donors (Lipinski definition) is 0. The van der Waals surface area contributed by atoms with Gasteiger partial charge >= 0.3 is 11.9 Å². The van der Waals surface area contributed by atoms with Gasteiger partial charge < -0.3 is 9.47 Å². The van der Waals surface area contributed by atoms with Crippen LogP contribution in [0.15, 0.2) is 0 Å². The fraction of sp³-hybridized carbons (Fsp3) is 0.895. The summed E-state index contributed by atoms with van der Waals surface area (Å²) in [5.74, 6) is -0.886. The predicted octanol–water partition coefficient (Wildman–Crippen LogP) is 5.18. The Bertz CT molecular complexity index is 302. The first-order valence-electron chi connectivity index (χ1n) is 9.36. The minimum Gasteiger partial charge on any atom is -0.466 e. The topological polar surface area (TPSA) is 52.6 Å². The molecule has 4 nitrogen and oxygen atoms in total. The van der Waals surface area contributed by atoms with Gasteiger partial charge in [0.15, 0.2) is 6.10 Å². The van der Waals surface area contributed by atoms with Crippen molar-refractivity contribution in [1.82, 2.24) is 0 Å². The standard InChI is InChI=1S/C19H36O4/c1-4-5-6-7-8-9-10-11-12-13-14-15-16-18(19(21)22-3)23-17(2)20/h18H,4-16H2,1-3H3/t18-/m1/s1. The highest BCUT2D eigenvalue weighted by molar-refractivity contribution is 5.78. The van der Waals surface area contributed by atoms with Gasteiger partial charge in [-0.3, -0.25) is 4.79 Å². The Morgan fingerprint density at radius 3 is 1.61 bits per heavy atom. The van der Waals surface area contributed by atoms with E-state index < -0.39 is 18.0 Å². The van der Waals surface area contributed by atoms with Crippen molar-refractivity contribution < 1.29 is 19.1 Å². The Hall–Kier alpha value is -1.06. The van der Waals surface area contributed by atoms with Crippen LogP contribution in [0.5, 0.6) is 0 Å². The van der Waals surface area contributed by atoms with Crippen LogP contribution in [0.2, 0.25) is 0 Å². The molecule has 0 unspecified atom stereocenters. The Morgan fingerprint density at radius 1 is 0.783 bits per heavy atom. The van der Waals surface area contributed by atoms with Crippen LogP contribution in [0.1, 0.15) is 97.3 Å². The van der Waals surface area contributed by atoms with Crippen molar-refractivity contribution in [2.75, 3.05) is 7.11 Å². The summed E-state index contributed by atoms with van der Waals surface area (Å²) in [6.45, 7) is 3.57. The Kier molecular flexibility index (Phi) is 15.1. The zero-order chi connectivity index (χ0) is 17.3. The molecule has 0 rings (SSSR count). The van der Waals surface area contributed by atoms with Crippen molar-refractivity contribution in [3.05, 3.63) is 0 Å². The summed E-state index contributed by atoms with van der Waals surface area (Å²) in [4.78, 5) is 22.4. The molecule has 0 aliphatic heterocycles. The average molecular weight is 328 g/mol. The molecule has 23 heavy (non-hydrogen) atoms. The molecule has 0 heterocycles. The Morgan fingerprint density at radius 2 is 1.22 bits per heavy atom. The van der Waals surface area contributed by atoms with Crippen molar-refractivity contribution >= 4 is 11.9 Å². The maximum Gasteiger partial charge on any atom is 0.347 e. The zero-order valence-electron chi connectivity index (χ0n) is 15.4. The normalized spacial score (nSPS) is 12.0. The third kappa shape index (κ3) is 14.3. The lowest BCUT2D eigenvalue weighted by molar-refractivity contribution is -0.165. The van der Waals surface area contributed by atoms with E-state index in [9.17, 15) is 9.59 Å². The van der Waals surface area contributed by atoms with Crippen molar-refractivity contribution in [3.63, 3.8) is 0 Å². The molecule has 0 radical (unpaired) electrons. The molecule has 0 aliphatic carbocycles. The van der Waals surface area contributed by atoms with E-state index in [0.29, 0.717) is 6.42 Å². The summed E-state index contributed by atoms with van der Waals surface area (Å²) in [6.07, 6.45) is 15.1. The van der Waals surface area contributed by atoms with Crippen molar-refractivity contribution in [2.24, 2.45) is 0 Å². The van der Waals surface area contributed by atoms with E-state index in [4.69, 9.17) is 4.74 Å². The lowest BCUT2D eigenvalue weighted by Crippen LogP contribution is -2.27. The fourth-order valence-electron chi connectivity index (χ4n) is 2.73. The molecular weight excluding hydrogens is 292 g/mol. The van der Waals surface area contributed by atoms with Crippen molar-refractivity contribution in [3.8, 4) is 0 Å². The van der Waals surface area contributed by atoms with Crippen LogP contribution in [0, 0.1) is 0 Å². The highest BCUT2D eigenvalue weighted by Gasteiger charge is 2.21. The highest BCUT2D eigenvalue weighted by Crippen LogP contribution is 2.14. The zero-order valence-corrected chi connectivity index (χ0v) is 15.4. The van der Waals surface area contributed by atoms with Crippen molar-refractivity contribution in [1.29, 1.82) is 0 Å². The predicted molar refractivity (Wildman–Crippen MR) is 93.3 cm³/mol. The Balaban J connectivity index is 3.45. The first-order valence-corrected chi connectivity index (χ1v) is 9.36. The second-order valence-electron chi connectivity index (χ2n) is 6.30. The lowest BCUT2D eigenvalue weighted by Gasteiger charge is -2.14. The minimum absolute atomic E-state index is 0.431. The van der Waals surface area contributed by atoms with Gasteiger partial charge in [-0.2, -0.15) is 0 Å². The molecule has 0 aromatic rings. The van der Waals surface area contributed by atoms with Gasteiger partial charge in [-0.25, -0.2) is 4.79 Å². The summed E-state index contributed by atoms with van der Waals surface area (Å²) in [6, 6.07) is 0. The van der Waals surface area contributed by atoms with Crippen molar-refractivity contribution in [2.45, 2.75) is 103 Å². The SMILES string of the molecule is CCCCCCCCCCCCCC[C@@H](OC(C)=O)C(=O)OC. The second kappa shape index (κ2) is 15.8. The van der Waals surface area contributed by atoms with Crippen LogP contribution in [0.3, 0.4) is 0 Å². The average Bonchev–Trinajstić information content (AvgIpc) is 2.53. The third-order valence-electron chi connectivity index (χ3n) is 4.09. The van der Waals surface area contributed by atoms with E-state index >= 15 is 0 Å². The number of esters is 2. The largest absolute Gasteiger partial charge is 0.466 e. The fourth-order valence-corrected chi connectivity index (χ4v) is 2.73. The van der Waals surface area contributed by atoms with Gasteiger partial charge in [0.1, 0.15) is 0 Å². The maximum atomic E-state index is 11.5. The first-order chi connectivity index (χ1) is 11.1. The lowest BCUT2D eigenvalue weighted by atomic mass is 10.0. The molecule has 0 N–H and O–H groups in total. The monoisotopic (exact) mass is 328 g/mol. The molecule has 0 fully saturated rings. The molecule has 0 aromatic carbocycles. The van der Waals surface area contributed by atoms with E-state index in [2.05, 4.69) is 11.7 Å². The minimum atomic E-state index is -0.736. The van der Waals surface area contributed by atoms with E-state index in [0.717, 1.165) is 12.8 Å². The van der Waals surface area contributed by atoms with E-state index in [1.165, 1.54) is 78.2 Å². The molecule has 0 spiro atoms. The molecule has 0 saturated carbocycles. The number of rotatable bonds is 15. The number of unbranched alkanes of at least 4 members (excludes halogenated alkanes) is 11. The van der Waals surface area contributed by atoms with Gasteiger partial charge in [0, 0.05) is 6.92 Å². The van der Waals surface area contributed by atoms with Gasteiger partial charge in [-0.15, -0.1) is 0 Å². The van der Waals surface area contributed by atoms with E-state index in [-0.39, 0.29) is 0 Å². The van der Waals surface area contributed by atoms with E-state index in [1.54, 1.807) is 0 Å². The van der Waals surface area contributed by atoms with Gasteiger partial charge in [-0.1, -0.05) is 77.6 Å². The molecule has 0 saturated heterocycles. The molecule has 0 aromatic heterocycles. The third-order valence-corrected chi connectivity index (χ3v) is 4.09. The van der Waals surface area contributed by atoms with Gasteiger partial charge in [0.25, 0.3) is 0 Å². The summed E-state index contributed by atoms with van der Waals surface area (Å²) < 4.78 is 9.64. The molecule has 0 bridgehead atoms. The highest BCUT2D eigenvalue weighted by atomic mass is 16.6. The summed E-state index contributed by atoms with van der Waals surface area (Å²) >= 11 is 0. The van der Waals surface area contributed by atoms with Crippen LogP contribution >= 0.6 is 0 Å². The molecule has 136 valence electrons. The number of carbonyl (C=O) groups excluding carboxylic acids is 2. The number of methoxy groups -OCH3 is 1. The van der Waals surface area contributed by atoms with Crippen LogP contribution in [0.4, 0.5) is 0 Å². The maximum absolute atomic E-state index is 11.5. The summed E-state index contributed by atoms with van der Waals surface area (Å²) in [5, 5.41) is 0. The van der Waals surface area contributed by atoms with Gasteiger partial charge in [0.05, 0.1) is 7.11 Å². The molecule has 0 amide bonds. The molecule has 4 heteroatoms. The van der Waals surface area contributed by atoms with Gasteiger partial charge in [-0.05, 0) is 12.8 Å². The molecule has 1 atom stereocenters. The van der Waals surface area contributed by atoms with Crippen LogP contribution in [0.25, 0.3) is 0 Å². The van der Waals surface area contributed by atoms with Crippen LogP contribution < -0.4 is 0 Å². The summed E-state index contributed by atoms with van der Waals surface area (Å²) in [7, 11) is 1.32. The molecule has 0 aliphatic rings. The second-order valence-corrected chi connectivity index (χ2v) is 6.30. The van der Waals surface area contributed by atoms with Crippen LogP contribution in [-0.4, -0.2) is 25.2 Å². The molecular formula is C19H36O4. The summed E-state index contributed by atoms with van der Waals surface area (Å²) in [5.41, 5.74) is 0. The smallest absolute Gasteiger partial charge is 0.347 e. The number of ether oxygens (including phenoxy) is 2. The number of carbonyl (C=O) groups is 2. The first kappa shape index (κ1) is 21.9. The number of hydrogen-bond acceptors (Lipinski definition) is 4. The van der Waals surface area contributed by atoms with E-state index in [1.807, 2.05) is 0 Å². The Labute approximate surface area is 142 Å².